The molecular formula is C20H16ClFN4O3. The second-order valence-electron chi connectivity index (χ2n) is 6.45. The summed E-state index contributed by atoms with van der Waals surface area (Å²) < 4.78 is 24.5. The monoisotopic (exact) mass is 414 g/mol. The predicted molar refractivity (Wildman–Crippen MR) is 105 cm³/mol. The van der Waals surface area contributed by atoms with Crippen molar-refractivity contribution in [3.8, 4) is 17.0 Å². The van der Waals surface area contributed by atoms with Crippen LogP contribution in [0.5, 0.6) is 5.75 Å². The molecule has 2 aromatic heterocycles. The van der Waals surface area contributed by atoms with E-state index in [4.69, 9.17) is 21.1 Å². The zero-order valence-electron chi connectivity index (χ0n) is 15.4. The van der Waals surface area contributed by atoms with Gasteiger partial charge in [-0.3, -0.25) is 14.8 Å². The molecule has 3 heterocycles. The highest BCUT2D eigenvalue weighted by Gasteiger charge is 2.20. The van der Waals surface area contributed by atoms with Gasteiger partial charge in [-0.25, -0.2) is 9.37 Å². The van der Waals surface area contributed by atoms with Crippen molar-refractivity contribution in [1.82, 2.24) is 15.0 Å². The Morgan fingerprint density at radius 3 is 2.76 bits per heavy atom. The van der Waals surface area contributed by atoms with Crippen molar-refractivity contribution in [2.24, 2.45) is 0 Å². The summed E-state index contributed by atoms with van der Waals surface area (Å²) in [5.41, 5.74) is 1.51. The average Bonchev–Trinajstić information content (AvgIpc) is 2.68. The number of carbonyl (C=O) groups excluding carboxylic acids is 1. The van der Waals surface area contributed by atoms with Gasteiger partial charge in [-0.15, -0.1) is 0 Å². The van der Waals surface area contributed by atoms with Gasteiger partial charge in [-0.2, -0.15) is 0 Å². The first kappa shape index (κ1) is 19.2. The Morgan fingerprint density at radius 1 is 1.24 bits per heavy atom. The number of ether oxygens (including phenoxy) is 2. The van der Waals surface area contributed by atoms with Gasteiger partial charge in [-0.1, -0.05) is 11.6 Å². The zero-order chi connectivity index (χ0) is 20.4. The highest BCUT2D eigenvalue weighted by Crippen LogP contribution is 2.31. The Kier molecular flexibility index (Phi) is 5.37. The van der Waals surface area contributed by atoms with E-state index in [0.717, 1.165) is 6.20 Å². The molecule has 0 radical (unpaired) electrons. The van der Waals surface area contributed by atoms with Crippen LogP contribution in [0.15, 0.2) is 43.0 Å². The minimum absolute atomic E-state index is 0.0356. The number of halogens is 2. The molecule has 0 aliphatic carbocycles. The molecule has 0 saturated carbocycles. The Hall–Kier alpha value is -3.10. The summed E-state index contributed by atoms with van der Waals surface area (Å²) in [6.07, 6.45) is 5.28. The molecule has 1 fully saturated rings. The maximum Gasteiger partial charge on any atom is 0.258 e. The topological polar surface area (TPSA) is 86.2 Å². The lowest BCUT2D eigenvalue weighted by molar-refractivity contribution is -0.0796. The second kappa shape index (κ2) is 8.10. The third kappa shape index (κ3) is 4.18. The molecular weight excluding hydrogens is 399 g/mol. The third-order valence-electron chi connectivity index (χ3n) is 4.42. The van der Waals surface area contributed by atoms with Crippen LogP contribution in [-0.2, 0) is 4.74 Å². The number of amides is 1. The number of hydrogen-bond acceptors (Lipinski definition) is 6. The van der Waals surface area contributed by atoms with Crippen LogP contribution >= 0.6 is 11.6 Å². The van der Waals surface area contributed by atoms with E-state index in [-0.39, 0.29) is 23.0 Å². The van der Waals surface area contributed by atoms with Gasteiger partial charge in [0.25, 0.3) is 5.91 Å². The first-order valence-electron chi connectivity index (χ1n) is 8.79. The van der Waals surface area contributed by atoms with Crippen molar-refractivity contribution < 1.29 is 18.7 Å². The van der Waals surface area contributed by atoms with E-state index in [1.165, 1.54) is 25.5 Å². The van der Waals surface area contributed by atoms with E-state index in [9.17, 15) is 9.18 Å². The molecule has 1 amide bonds. The molecule has 1 aliphatic rings. The molecule has 0 spiro atoms. The minimum atomic E-state index is -0.552. The summed E-state index contributed by atoms with van der Waals surface area (Å²) in [5.74, 6) is -0.194. The standard InChI is InChI=1S/C20H16ClFN4O3/c1-11-15(5-23-6-17(11)22)20(27)26-19-8-24-18(7-25-19)14-4-12(2-3-16(14)21)29-13-9-28-10-13/h2-8,13H,9-10H2,1H3,(H,25,26,27). The van der Waals surface area contributed by atoms with Crippen molar-refractivity contribution in [3.63, 3.8) is 0 Å². The van der Waals surface area contributed by atoms with E-state index in [1.54, 1.807) is 18.2 Å². The maximum absolute atomic E-state index is 13.6. The van der Waals surface area contributed by atoms with Gasteiger partial charge in [0, 0.05) is 17.3 Å². The number of rotatable bonds is 5. The molecule has 9 heteroatoms. The van der Waals surface area contributed by atoms with E-state index in [2.05, 4.69) is 20.3 Å². The maximum atomic E-state index is 13.6. The van der Waals surface area contributed by atoms with Crippen LogP contribution in [0, 0.1) is 12.7 Å². The Balaban J connectivity index is 1.51. The number of benzene rings is 1. The average molecular weight is 415 g/mol. The lowest BCUT2D eigenvalue weighted by Gasteiger charge is -2.26. The van der Waals surface area contributed by atoms with Gasteiger partial charge in [0.1, 0.15) is 17.7 Å². The van der Waals surface area contributed by atoms with Gasteiger partial charge in [0.2, 0.25) is 0 Å². The molecule has 3 aromatic rings. The molecule has 1 N–H and O–H groups in total. The predicted octanol–water partition coefficient (Wildman–Crippen LogP) is 3.67. The normalized spacial score (nSPS) is 13.6. The molecule has 1 saturated heterocycles. The molecule has 0 atom stereocenters. The number of anilines is 1. The number of carbonyl (C=O) groups is 1. The summed E-state index contributed by atoms with van der Waals surface area (Å²) in [5, 5.41) is 3.08. The lowest BCUT2D eigenvalue weighted by atomic mass is 10.1. The van der Waals surface area contributed by atoms with Gasteiger partial charge in [0.15, 0.2) is 5.82 Å². The Morgan fingerprint density at radius 2 is 2.07 bits per heavy atom. The van der Waals surface area contributed by atoms with Crippen LogP contribution in [0.2, 0.25) is 5.02 Å². The van der Waals surface area contributed by atoms with E-state index >= 15 is 0 Å². The van der Waals surface area contributed by atoms with Crippen LogP contribution in [-0.4, -0.2) is 40.2 Å². The minimum Gasteiger partial charge on any atom is -0.486 e. The third-order valence-corrected chi connectivity index (χ3v) is 4.75. The number of aromatic nitrogens is 3. The van der Waals surface area contributed by atoms with Crippen molar-refractivity contribution in [1.29, 1.82) is 0 Å². The lowest BCUT2D eigenvalue weighted by Crippen LogP contribution is -2.38. The largest absolute Gasteiger partial charge is 0.486 e. The molecule has 0 bridgehead atoms. The fourth-order valence-electron chi connectivity index (χ4n) is 2.69. The quantitative estimate of drug-likeness (QED) is 0.685. The van der Waals surface area contributed by atoms with Crippen LogP contribution in [0.3, 0.4) is 0 Å². The van der Waals surface area contributed by atoms with Crippen molar-refractivity contribution in [2.75, 3.05) is 18.5 Å². The number of pyridine rings is 1. The summed E-state index contributed by atoms with van der Waals surface area (Å²) in [4.78, 5) is 24.6. The smallest absolute Gasteiger partial charge is 0.258 e. The molecule has 0 unspecified atom stereocenters. The molecule has 29 heavy (non-hydrogen) atoms. The molecule has 4 rings (SSSR count). The summed E-state index contributed by atoms with van der Waals surface area (Å²) >= 11 is 6.29. The molecule has 1 aromatic carbocycles. The number of nitrogens with zero attached hydrogens (tertiary/aromatic N) is 3. The number of nitrogens with one attached hydrogen (secondary N) is 1. The van der Waals surface area contributed by atoms with Crippen molar-refractivity contribution in [2.45, 2.75) is 13.0 Å². The highest BCUT2D eigenvalue weighted by atomic mass is 35.5. The van der Waals surface area contributed by atoms with Crippen LogP contribution in [0.4, 0.5) is 10.2 Å². The summed E-state index contributed by atoms with van der Waals surface area (Å²) in [6, 6.07) is 5.29. The second-order valence-corrected chi connectivity index (χ2v) is 6.86. The van der Waals surface area contributed by atoms with Crippen LogP contribution < -0.4 is 10.1 Å². The van der Waals surface area contributed by atoms with Crippen molar-refractivity contribution >= 4 is 23.3 Å². The van der Waals surface area contributed by atoms with Crippen LogP contribution in [0.25, 0.3) is 11.3 Å². The van der Waals surface area contributed by atoms with Crippen LogP contribution in [0.1, 0.15) is 15.9 Å². The molecule has 148 valence electrons. The summed E-state index contributed by atoms with van der Waals surface area (Å²) in [7, 11) is 0. The first-order chi connectivity index (χ1) is 14.0. The molecule has 7 nitrogen and oxygen atoms in total. The fraction of sp³-hybridized carbons (Fsp3) is 0.200. The van der Waals surface area contributed by atoms with Gasteiger partial charge in [0.05, 0.1) is 48.1 Å². The Bertz CT molecular complexity index is 1060. The van der Waals surface area contributed by atoms with Gasteiger partial charge in [-0.05, 0) is 25.1 Å². The first-order valence-corrected chi connectivity index (χ1v) is 9.17. The zero-order valence-corrected chi connectivity index (χ0v) is 16.1. The van der Waals surface area contributed by atoms with Gasteiger partial charge < -0.3 is 14.8 Å². The van der Waals surface area contributed by atoms with E-state index in [1.807, 2.05) is 0 Å². The molecule has 1 aliphatic heterocycles. The van der Waals surface area contributed by atoms with E-state index < -0.39 is 11.7 Å². The fourth-order valence-corrected chi connectivity index (χ4v) is 2.91. The number of hydrogen-bond donors (Lipinski definition) is 1. The van der Waals surface area contributed by atoms with Crippen molar-refractivity contribution in [3.05, 3.63) is 65.0 Å². The van der Waals surface area contributed by atoms with Gasteiger partial charge >= 0.3 is 0 Å². The van der Waals surface area contributed by atoms with E-state index in [0.29, 0.717) is 35.2 Å². The summed E-state index contributed by atoms with van der Waals surface area (Å²) in [6.45, 7) is 2.63. The Labute approximate surface area is 170 Å². The highest BCUT2D eigenvalue weighted by molar-refractivity contribution is 6.33. The SMILES string of the molecule is Cc1c(F)cncc1C(=O)Nc1cnc(-c2cc(OC3COC3)ccc2Cl)cn1.